The number of aryl methyl sites for hydroxylation is 1. The highest BCUT2D eigenvalue weighted by atomic mass is 35.5. The van der Waals surface area contributed by atoms with Gasteiger partial charge < -0.3 is 9.42 Å². The summed E-state index contributed by atoms with van der Waals surface area (Å²) in [6.45, 7) is 3.22. The fraction of sp³-hybridized carbons (Fsp3) is 0.286. The molecule has 1 fully saturated rings. The second-order valence-electron chi connectivity index (χ2n) is 6.83. The summed E-state index contributed by atoms with van der Waals surface area (Å²) in [7, 11) is 0. The van der Waals surface area contributed by atoms with Crippen LogP contribution < -0.4 is 0 Å². The van der Waals surface area contributed by atoms with Crippen molar-refractivity contribution in [2.24, 2.45) is 0 Å². The molecule has 1 aromatic carbocycles. The van der Waals surface area contributed by atoms with E-state index < -0.39 is 0 Å². The van der Waals surface area contributed by atoms with Crippen molar-refractivity contribution in [1.82, 2.24) is 15.0 Å². The van der Waals surface area contributed by atoms with Crippen molar-refractivity contribution in [2.75, 3.05) is 13.1 Å². The lowest BCUT2D eigenvalue weighted by atomic mass is 9.97. The third kappa shape index (κ3) is 4.34. The average Bonchev–Trinajstić information content (AvgIpc) is 3.35. The minimum atomic E-state index is 0.0397. The maximum absolute atomic E-state index is 12.5. The zero-order valence-electron chi connectivity index (χ0n) is 15.5. The third-order valence-corrected chi connectivity index (χ3v) is 6.16. The maximum Gasteiger partial charge on any atom is 0.246 e. The van der Waals surface area contributed by atoms with E-state index >= 15 is 0 Å². The lowest BCUT2D eigenvalue weighted by Gasteiger charge is -2.29. The molecule has 7 heteroatoms. The van der Waals surface area contributed by atoms with E-state index in [4.69, 9.17) is 16.1 Å². The van der Waals surface area contributed by atoms with E-state index in [2.05, 4.69) is 16.2 Å². The quantitative estimate of drug-likeness (QED) is 0.553. The molecule has 1 amide bonds. The minimum absolute atomic E-state index is 0.0397. The number of likely N-dealkylation sites (tertiary alicyclic amines) is 1. The summed E-state index contributed by atoms with van der Waals surface area (Å²) in [5, 5.41) is 4.57. The highest BCUT2D eigenvalue weighted by molar-refractivity contribution is 7.16. The Balaban J connectivity index is 1.35. The molecule has 1 aliphatic heterocycles. The molecule has 3 aromatic rings. The van der Waals surface area contributed by atoms with Crippen LogP contribution in [-0.2, 0) is 4.79 Å². The number of aromatic nitrogens is 2. The van der Waals surface area contributed by atoms with Crippen LogP contribution in [0.1, 0.15) is 35.4 Å². The molecule has 1 saturated heterocycles. The zero-order chi connectivity index (χ0) is 19.5. The number of amides is 1. The Labute approximate surface area is 172 Å². The van der Waals surface area contributed by atoms with Gasteiger partial charge in [0.05, 0.1) is 0 Å². The van der Waals surface area contributed by atoms with Crippen LogP contribution in [0.25, 0.3) is 16.5 Å². The lowest BCUT2D eigenvalue weighted by molar-refractivity contribution is -0.127. The van der Waals surface area contributed by atoms with Gasteiger partial charge in [-0.1, -0.05) is 28.9 Å². The second-order valence-corrected chi connectivity index (χ2v) is 8.38. The zero-order valence-corrected chi connectivity index (χ0v) is 17.0. The van der Waals surface area contributed by atoms with Crippen LogP contribution >= 0.6 is 22.9 Å². The van der Waals surface area contributed by atoms with Gasteiger partial charge in [0.25, 0.3) is 0 Å². The summed E-state index contributed by atoms with van der Waals surface area (Å²) in [6.07, 6.45) is 5.23. The Morgan fingerprint density at radius 2 is 2.11 bits per heavy atom. The van der Waals surface area contributed by atoms with Crippen molar-refractivity contribution in [3.63, 3.8) is 0 Å². The normalized spacial score (nSPS) is 15.4. The predicted octanol–water partition coefficient (Wildman–Crippen LogP) is 5.18. The molecule has 0 aliphatic carbocycles. The van der Waals surface area contributed by atoms with Crippen LogP contribution in [0.5, 0.6) is 0 Å². The molecule has 2 aromatic heterocycles. The summed E-state index contributed by atoms with van der Waals surface area (Å²) in [5.74, 6) is 1.63. The van der Waals surface area contributed by atoms with Gasteiger partial charge in [0, 0.05) is 39.9 Å². The molecule has 144 valence electrons. The molecule has 0 atom stereocenters. The second kappa shape index (κ2) is 8.29. The molecule has 0 unspecified atom stereocenters. The molecule has 3 heterocycles. The Bertz CT molecular complexity index is 1000. The SMILES string of the molecule is Cc1noc(C2CCN(C(=O)/C=C/c3ccc(-c4cccc(Cl)c4)s3)CC2)n1. The molecule has 0 N–H and O–H groups in total. The fourth-order valence-electron chi connectivity index (χ4n) is 3.32. The van der Waals surface area contributed by atoms with Crippen LogP contribution in [0.2, 0.25) is 5.02 Å². The summed E-state index contributed by atoms with van der Waals surface area (Å²) < 4.78 is 5.27. The highest BCUT2D eigenvalue weighted by Gasteiger charge is 2.26. The fourth-order valence-corrected chi connectivity index (χ4v) is 4.42. The lowest BCUT2D eigenvalue weighted by Crippen LogP contribution is -2.36. The van der Waals surface area contributed by atoms with Crippen molar-refractivity contribution < 1.29 is 9.32 Å². The molecule has 1 aliphatic rings. The highest BCUT2D eigenvalue weighted by Crippen LogP contribution is 2.31. The van der Waals surface area contributed by atoms with Gasteiger partial charge >= 0.3 is 0 Å². The average molecular weight is 414 g/mol. The molecule has 28 heavy (non-hydrogen) atoms. The van der Waals surface area contributed by atoms with Crippen molar-refractivity contribution in [2.45, 2.75) is 25.7 Å². The van der Waals surface area contributed by atoms with Crippen LogP contribution in [0, 0.1) is 6.92 Å². The Morgan fingerprint density at radius 3 is 2.82 bits per heavy atom. The minimum Gasteiger partial charge on any atom is -0.339 e. The molecule has 0 radical (unpaired) electrons. The Kier molecular flexibility index (Phi) is 5.59. The van der Waals surface area contributed by atoms with Gasteiger partial charge in [-0.15, -0.1) is 11.3 Å². The first-order chi connectivity index (χ1) is 13.6. The van der Waals surface area contributed by atoms with Gasteiger partial charge in [0.1, 0.15) is 0 Å². The summed E-state index contributed by atoms with van der Waals surface area (Å²) in [4.78, 5) is 20.9. The predicted molar refractivity (Wildman–Crippen MR) is 111 cm³/mol. The van der Waals surface area contributed by atoms with Crippen LogP contribution in [0.4, 0.5) is 0 Å². The van der Waals surface area contributed by atoms with Gasteiger partial charge in [0.15, 0.2) is 5.82 Å². The first kappa shape index (κ1) is 18.9. The van der Waals surface area contributed by atoms with E-state index in [0.717, 1.165) is 33.2 Å². The monoisotopic (exact) mass is 413 g/mol. The third-order valence-electron chi connectivity index (χ3n) is 4.83. The number of carbonyl (C=O) groups excluding carboxylic acids is 1. The van der Waals surface area contributed by atoms with Crippen LogP contribution in [-0.4, -0.2) is 34.0 Å². The smallest absolute Gasteiger partial charge is 0.246 e. The molecule has 0 saturated carbocycles. The Morgan fingerprint density at radius 1 is 1.29 bits per heavy atom. The number of thiophene rings is 1. The Hall–Kier alpha value is -2.44. The summed E-state index contributed by atoms with van der Waals surface area (Å²) in [6, 6.07) is 11.9. The van der Waals surface area contributed by atoms with E-state index in [1.54, 1.807) is 17.4 Å². The van der Waals surface area contributed by atoms with Gasteiger partial charge in [-0.3, -0.25) is 4.79 Å². The molecular formula is C21H20ClN3O2S. The summed E-state index contributed by atoms with van der Waals surface area (Å²) in [5.41, 5.74) is 1.09. The number of hydrogen-bond donors (Lipinski definition) is 0. The van der Waals surface area contributed by atoms with Gasteiger partial charge in [-0.2, -0.15) is 4.98 Å². The molecule has 5 nitrogen and oxygen atoms in total. The van der Waals surface area contributed by atoms with Crippen LogP contribution in [0.3, 0.4) is 0 Å². The number of carbonyl (C=O) groups is 1. The van der Waals surface area contributed by atoms with Crippen molar-refractivity contribution >= 4 is 34.9 Å². The topological polar surface area (TPSA) is 59.2 Å². The first-order valence-electron chi connectivity index (χ1n) is 9.21. The number of benzene rings is 1. The number of halogens is 1. The van der Waals surface area contributed by atoms with E-state index in [-0.39, 0.29) is 11.8 Å². The molecular weight excluding hydrogens is 394 g/mol. The van der Waals surface area contributed by atoms with Crippen molar-refractivity contribution in [3.8, 4) is 10.4 Å². The number of nitrogens with zero attached hydrogens (tertiary/aromatic N) is 3. The van der Waals surface area contributed by atoms with Gasteiger partial charge in [-0.25, -0.2) is 0 Å². The van der Waals surface area contributed by atoms with E-state index in [1.807, 2.05) is 48.2 Å². The molecule has 4 rings (SSSR count). The first-order valence-corrected chi connectivity index (χ1v) is 10.4. The van der Waals surface area contributed by atoms with E-state index in [9.17, 15) is 4.79 Å². The van der Waals surface area contributed by atoms with E-state index in [0.29, 0.717) is 24.8 Å². The maximum atomic E-state index is 12.5. The van der Waals surface area contributed by atoms with Gasteiger partial charge in [-0.05, 0) is 55.7 Å². The standard InChI is InChI=1S/C21H20ClN3O2S/c1-14-23-21(27-24-14)15-9-11-25(12-10-15)20(26)8-6-18-5-7-19(28-18)16-3-2-4-17(22)13-16/h2-8,13,15H,9-12H2,1H3/b8-6+. The van der Waals surface area contributed by atoms with Crippen molar-refractivity contribution in [3.05, 3.63) is 64.1 Å². The summed E-state index contributed by atoms with van der Waals surface area (Å²) >= 11 is 7.71. The molecule has 0 spiro atoms. The number of rotatable bonds is 4. The van der Waals surface area contributed by atoms with Gasteiger partial charge in [0.2, 0.25) is 11.8 Å². The number of piperidine rings is 1. The molecule has 0 bridgehead atoms. The van der Waals surface area contributed by atoms with Crippen molar-refractivity contribution in [1.29, 1.82) is 0 Å². The largest absolute Gasteiger partial charge is 0.339 e. The van der Waals surface area contributed by atoms with Crippen LogP contribution in [0.15, 0.2) is 47.0 Å². The van der Waals surface area contributed by atoms with E-state index in [1.165, 1.54) is 0 Å². The number of hydrogen-bond acceptors (Lipinski definition) is 5.